The van der Waals surface area contributed by atoms with Gasteiger partial charge < -0.3 is 4.57 Å². The van der Waals surface area contributed by atoms with Gasteiger partial charge in [-0.25, -0.2) is 4.39 Å². The highest BCUT2D eigenvalue weighted by Gasteiger charge is 2.04. The Kier molecular flexibility index (Phi) is 1.68. The number of fused-ring (bicyclic) bond motifs is 1. The lowest BCUT2D eigenvalue weighted by molar-refractivity contribution is 0.639. The standard InChI is InChI=1S/C9H7BrFN/c1-12-3-2-7-8(11)4-6(10)5-9(7)12/h2-5H,1H3. The van der Waals surface area contributed by atoms with E-state index in [1.54, 1.807) is 6.07 Å². The lowest BCUT2D eigenvalue weighted by Gasteiger charge is -1.97. The van der Waals surface area contributed by atoms with Crippen LogP contribution >= 0.6 is 15.9 Å². The van der Waals surface area contributed by atoms with Gasteiger partial charge in [-0.05, 0) is 18.2 Å². The van der Waals surface area contributed by atoms with E-state index in [0.717, 1.165) is 9.99 Å². The van der Waals surface area contributed by atoms with Gasteiger partial charge in [0, 0.05) is 23.1 Å². The van der Waals surface area contributed by atoms with Crippen LogP contribution < -0.4 is 0 Å². The van der Waals surface area contributed by atoms with E-state index >= 15 is 0 Å². The summed E-state index contributed by atoms with van der Waals surface area (Å²) in [6.07, 6.45) is 1.85. The van der Waals surface area contributed by atoms with Gasteiger partial charge in [0.05, 0.1) is 5.52 Å². The fraction of sp³-hybridized carbons (Fsp3) is 0.111. The maximum absolute atomic E-state index is 13.2. The van der Waals surface area contributed by atoms with Crippen LogP contribution in [0.3, 0.4) is 0 Å². The molecule has 0 N–H and O–H groups in total. The second-order valence-corrected chi connectivity index (χ2v) is 3.66. The Bertz CT molecular complexity index is 433. The number of hydrogen-bond acceptors (Lipinski definition) is 0. The van der Waals surface area contributed by atoms with Crippen LogP contribution in [-0.4, -0.2) is 4.57 Å². The van der Waals surface area contributed by atoms with Gasteiger partial charge >= 0.3 is 0 Å². The van der Waals surface area contributed by atoms with Crippen molar-refractivity contribution in [2.45, 2.75) is 0 Å². The maximum Gasteiger partial charge on any atom is 0.133 e. The van der Waals surface area contributed by atoms with E-state index in [1.165, 1.54) is 6.07 Å². The van der Waals surface area contributed by atoms with Crippen molar-refractivity contribution in [3.8, 4) is 0 Å². The second-order valence-electron chi connectivity index (χ2n) is 2.75. The molecule has 0 atom stereocenters. The summed E-state index contributed by atoms with van der Waals surface area (Å²) in [7, 11) is 1.90. The molecule has 1 nitrogen and oxygen atoms in total. The third-order valence-electron chi connectivity index (χ3n) is 1.92. The Morgan fingerprint density at radius 2 is 2.17 bits per heavy atom. The first-order valence-electron chi connectivity index (χ1n) is 3.58. The first kappa shape index (κ1) is 7.80. The molecular formula is C9H7BrFN. The molecule has 62 valence electrons. The number of hydrogen-bond donors (Lipinski definition) is 0. The third-order valence-corrected chi connectivity index (χ3v) is 2.38. The molecule has 0 saturated heterocycles. The normalized spacial score (nSPS) is 10.9. The number of aryl methyl sites for hydroxylation is 1. The van der Waals surface area contributed by atoms with Gasteiger partial charge in [-0.3, -0.25) is 0 Å². The van der Waals surface area contributed by atoms with Gasteiger partial charge in [0.15, 0.2) is 0 Å². The quantitative estimate of drug-likeness (QED) is 0.652. The van der Waals surface area contributed by atoms with Crippen molar-refractivity contribution in [3.05, 3.63) is 34.7 Å². The lowest BCUT2D eigenvalue weighted by Crippen LogP contribution is -1.84. The SMILES string of the molecule is Cn1ccc2c(F)cc(Br)cc21. The minimum Gasteiger partial charge on any atom is -0.350 e. The summed E-state index contributed by atoms with van der Waals surface area (Å²) in [6, 6.07) is 5.15. The molecule has 1 aromatic carbocycles. The van der Waals surface area contributed by atoms with Crippen molar-refractivity contribution in [1.29, 1.82) is 0 Å². The summed E-state index contributed by atoms with van der Waals surface area (Å²) >= 11 is 3.25. The molecule has 2 aromatic rings. The minimum atomic E-state index is -0.181. The molecule has 2 rings (SSSR count). The highest BCUT2D eigenvalue weighted by atomic mass is 79.9. The number of halogens is 2. The molecule has 0 spiro atoms. The molecule has 0 radical (unpaired) electrons. The van der Waals surface area contributed by atoms with Crippen LogP contribution in [0.4, 0.5) is 4.39 Å². The van der Waals surface area contributed by atoms with Gasteiger partial charge in [-0.2, -0.15) is 0 Å². The number of nitrogens with zero attached hydrogens (tertiary/aromatic N) is 1. The van der Waals surface area contributed by atoms with Crippen molar-refractivity contribution in [2.75, 3.05) is 0 Å². The molecule has 0 unspecified atom stereocenters. The van der Waals surface area contributed by atoms with Gasteiger partial charge in [0.25, 0.3) is 0 Å². The van der Waals surface area contributed by atoms with Gasteiger partial charge in [0.2, 0.25) is 0 Å². The highest BCUT2D eigenvalue weighted by molar-refractivity contribution is 9.10. The molecule has 0 aliphatic carbocycles. The monoisotopic (exact) mass is 227 g/mol. The minimum absolute atomic E-state index is 0.181. The summed E-state index contributed by atoms with van der Waals surface area (Å²) in [5.74, 6) is -0.181. The summed E-state index contributed by atoms with van der Waals surface area (Å²) < 4.78 is 15.9. The molecule has 1 aromatic heterocycles. The largest absolute Gasteiger partial charge is 0.350 e. The summed E-state index contributed by atoms with van der Waals surface area (Å²) in [4.78, 5) is 0. The fourth-order valence-electron chi connectivity index (χ4n) is 1.29. The van der Waals surface area contributed by atoms with Crippen LogP contribution in [0.5, 0.6) is 0 Å². The Morgan fingerprint density at radius 3 is 2.92 bits per heavy atom. The average Bonchev–Trinajstić information content (AvgIpc) is 2.33. The van der Waals surface area contributed by atoms with Crippen molar-refractivity contribution in [1.82, 2.24) is 4.57 Å². The summed E-state index contributed by atoms with van der Waals surface area (Å²) in [5, 5.41) is 0.667. The molecule has 0 amide bonds. The average molecular weight is 228 g/mol. The predicted octanol–water partition coefficient (Wildman–Crippen LogP) is 3.08. The predicted molar refractivity (Wildman–Crippen MR) is 50.6 cm³/mol. The lowest BCUT2D eigenvalue weighted by atomic mass is 10.2. The molecule has 3 heteroatoms. The Balaban J connectivity index is 2.92. The third kappa shape index (κ3) is 1.05. The topological polar surface area (TPSA) is 4.93 Å². The van der Waals surface area contributed by atoms with Crippen LogP contribution in [-0.2, 0) is 7.05 Å². The van der Waals surface area contributed by atoms with Crippen molar-refractivity contribution >= 4 is 26.8 Å². The Labute approximate surface area is 77.9 Å². The van der Waals surface area contributed by atoms with E-state index in [1.807, 2.05) is 23.9 Å². The molecular weight excluding hydrogens is 221 g/mol. The molecule has 12 heavy (non-hydrogen) atoms. The molecule has 0 aliphatic rings. The smallest absolute Gasteiger partial charge is 0.133 e. The van der Waals surface area contributed by atoms with E-state index in [9.17, 15) is 4.39 Å². The Hall–Kier alpha value is -0.830. The molecule has 1 heterocycles. The van der Waals surface area contributed by atoms with Crippen molar-refractivity contribution in [2.24, 2.45) is 7.05 Å². The summed E-state index contributed by atoms with van der Waals surface area (Å²) in [5.41, 5.74) is 0.905. The van der Waals surface area contributed by atoms with Crippen LogP contribution in [0.25, 0.3) is 10.9 Å². The van der Waals surface area contributed by atoms with E-state index in [0.29, 0.717) is 5.39 Å². The zero-order valence-electron chi connectivity index (χ0n) is 6.51. The first-order chi connectivity index (χ1) is 5.68. The molecule has 0 saturated carbocycles. The van der Waals surface area contributed by atoms with Gasteiger partial charge in [-0.15, -0.1) is 0 Å². The molecule has 0 aliphatic heterocycles. The first-order valence-corrected chi connectivity index (χ1v) is 4.38. The molecule has 0 bridgehead atoms. The van der Waals surface area contributed by atoms with Crippen molar-refractivity contribution in [3.63, 3.8) is 0 Å². The van der Waals surface area contributed by atoms with Crippen LogP contribution in [0, 0.1) is 5.82 Å². The van der Waals surface area contributed by atoms with Gasteiger partial charge in [0.1, 0.15) is 5.82 Å². The van der Waals surface area contributed by atoms with Crippen molar-refractivity contribution < 1.29 is 4.39 Å². The summed E-state index contributed by atoms with van der Waals surface area (Å²) in [6.45, 7) is 0. The van der Waals surface area contributed by atoms with Crippen LogP contribution in [0.15, 0.2) is 28.9 Å². The van der Waals surface area contributed by atoms with Crippen LogP contribution in [0.2, 0.25) is 0 Å². The maximum atomic E-state index is 13.2. The van der Waals surface area contributed by atoms with Crippen LogP contribution in [0.1, 0.15) is 0 Å². The second kappa shape index (κ2) is 2.59. The van der Waals surface area contributed by atoms with E-state index in [2.05, 4.69) is 15.9 Å². The highest BCUT2D eigenvalue weighted by Crippen LogP contribution is 2.23. The number of benzene rings is 1. The number of aromatic nitrogens is 1. The Morgan fingerprint density at radius 1 is 1.42 bits per heavy atom. The fourth-order valence-corrected chi connectivity index (χ4v) is 1.71. The van der Waals surface area contributed by atoms with E-state index < -0.39 is 0 Å². The van der Waals surface area contributed by atoms with E-state index in [4.69, 9.17) is 0 Å². The van der Waals surface area contributed by atoms with E-state index in [-0.39, 0.29) is 5.82 Å². The molecule has 0 fully saturated rings. The zero-order valence-corrected chi connectivity index (χ0v) is 8.10. The zero-order chi connectivity index (χ0) is 8.72. The number of rotatable bonds is 0. The van der Waals surface area contributed by atoms with Gasteiger partial charge in [-0.1, -0.05) is 15.9 Å².